The van der Waals surface area contributed by atoms with Crippen LogP contribution in [0.25, 0.3) is 0 Å². The predicted molar refractivity (Wildman–Crippen MR) is 79.5 cm³/mol. The van der Waals surface area contributed by atoms with Crippen molar-refractivity contribution in [1.82, 2.24) is 20.0 Å². The molecule has 1 aromatic rings. The Hall–Kier alpha value is -1.54. The van der Waals surface area contributed by atoms with E-state index in [-0.39, 0.29) is 11.7 Å². The fourth-order valence-corrected chi connectivity index (χ4v) is 3.40. The van der Waals surface area contributed by atoms with Gasteiger partial charge in [0.05, 0.1) is 11.0 Å². The van der Waals surface area contributed by atoms with E-state index in [1.807, 2.05) is 0 Å². The smallest absolute Gasteiger partial charge is 0.307 e. The van der Waals surface area contributed by atoms with E-state index < -0.39 is 10.6 Å². The van der Waals surface area contributed by atoms with Gasteiger partial charge in [0.25, 0.3) is 0 Å². The van der Waals surface area contributed by atoms with Crippen molar-refractivity contribution in [1.29, 1.82) is 0 Å². The first-order valence-electron chi connectivity index (χ1n) is 7.86. The predicted octanol–water partition coefficient (Wildman–Crippen LogP) is 1.52. The number of hydrogen-bond donors (Lipinski definition) is 1. The van der Waals surface area contributed by atoms with Gasteiger partial charge in [-0.3, -0.25) is 14.8 Å². The maximum atomic E-state index is 14.7. The molecule has 3 rings (SSSR count). The molecule has 0 radical (unpaired) electrons. The second kappa shape index (κ2) is 6.29. The van der Waals surface area contributed by atoms with Crippen molar-refractivity contribution < 1.29 is 9.31 Å². The SMILES string of the molecule is O=[N+]([O-])c1cnn(C2CCN(CC3(F)CCNCC3)CC2)c1. The summed E-state index contributed by atoms with van der Waals surface area (Å²) >= 11 is 0. The zero-order valence-corrected chi connectivity index (χ0v) is 12.6. The molecule has 3 heterocycles. The minimum atomic E-state index is -1.07. The number of nitro groups is 1. The van der Waals surface area contributed by atoms with Crippen molar-refractivity contribution >= 4 is 5.69 Å². The summed E-state index contributed by atoms with van der Waals surface area (Å²) in [6.07, 6.45) is 5.65. The molecule has 0 aliphatic carbocycles. The number of nitrogens with one attached hydrogen (secondary N) is 1. The largest absolute Gasteiger partial charge is 0.316 e. The third kappa shape index (κ3) is 3.44. The number of halogens is 1. The molecule has 2 fully saturated rings. The third-order valence-corrected chi connectivity index (χ3v) is 4.74. The van der Waals surface area contributed by atoms with E-state index in [1.165, 1.54) is 12.4 Å². The van der Waals surface area contributed by atoms with Crippen LogP contribution in [0.5, 0.6) is 0 Å². The van der Waals surface area contributed by atoms with Crippen LogP contribution in [0.4, 0.5) is 10.1 Å². The van der Waals surface area contributed by atoms with Gasteiger partial charge in [-0.05, 0) is 38.8 Å². The van der Waals surface area contributed by atoms with Crippen LogP contribution >= 0.6 is 0 Å². The van der Waals surface area contributed by atoms with Crippen LogP contribution in [0, 0.1) is 10.1 Å². The van der Waals surface area contributed by atoms with Gasteiger partial charge in [-0.15, -0.1) is 0 Å². The average Bonchev–Trinajstić information content (AvgIpc) is 2.98. The Balaban J connectivity index is 1.52. The minimum Gasteiger partial charge on any atom is -0.316 e. The van der Waals surface area contributed by atoms with Crippen LogP contribution in [-0.2, 0) is 0 Å². The number of alkyl halides is 1. The molecule has 1 N–H and O–H groups in total. The summed E-state index contributed by atoms with van der Waals surface area (Å²) < 4.78 is 16.4. The maximum Gasteiger partial charge on any atom is 0.307 e. The number of rotatable bonds is 4. The first-order valence-corrected chi connectivity index (χ1v) is 7.86. The molecule has 2 saturated heterocycles. The van der Waals surface area contributed by atoms with Gasteiger partial charge in [-0.25, -0.2) is 4.39 Å². The normalized spacial score (nSPS) is 23.5. The number of nitrogens with zero attached hydrogens (tertiary/aromatic N) is 4. The summed E-state index contributed by atoms with van der Waals surface area (Å²) in [6, 6.07) is 0.175. The van der Waals surface area contributed by atoms with E-state index in [0.29, 0.717) is 19.4 Å². The average molecular weight is 311 g/mol. The molecule has 0 unspecified atom stereocenters. The molecule has 22 heavy (non-hydrogen) atoms. The second-order valence-electron chi connectivity index (χ2n) is 6.34. The summed E-state index contributed by atoms with van der Waals surface area (Å²) in [6.45, 7) is 3.64. The highest BCUT2D eigenvalue weighted by Crippen LogP contribution is 2.28. The van der Waals surface area contributed by atoms with E-state index in [4.69, 9.17) is 0 Å². The molecule has 7 nitrogen and oxygen atoms in total. The van der Waals surface area contributed by atoms with Crippen LogP contribution < -0.4 is 5.32 Å². The number of hydrogen-bond acceptors (Lipinski definition) is 5. The molecule has 0 amide bonds. The fourth-order valence-electron chi connectivity index (χ4n) is 3.40. The molecule has 2 aliphatic rings. The number of piperidine rings is 2. The van der Waals surface area contributed by atoms with Crippen molar-refractivity contribution in [2.45, 2.75) is 37.4 Å². The summed E-state index contributed by atoms with van der Waals surface area (Å²) in [5.41, 5.74) is -1.04. The lowest BCUT2D eigenvalue weighted by atomic mass is 9.92. The lowest BCUT2D eigenvalue weighted by Crippen LogP contribution is -2.48. The Morgan fingerprint density at radius 3 is 2.68 bits per heavy atom. The van der Waals surface area contributed by atoms with Gasteiger partial charge < -0.3 is 10.2 Å². The Morgan fingerprint density at radius 1 is 1.41 bits per heavy atom. The van der Waals surface area contributed by atoms with Crippen molar-refractivity contribution in [3.8, 4) is 0 Å². The summed E-state index contributed by atoms with van der Waals surface area (Å²) in [5, 5.41) is 18.0. The van der Waals surface area contributed by atoms with Gasteiger partial charge in [-0.1, -0.05) is 0 Å². The molecular formula is C14H22FN5O2. The van der Waals surface area contributed by atoms with Crippen LogP contribution in [0.3, 0.4) is 0 Å². The Morgan fingerprint density at radius 2 is 2.09 bits per heavy atom. The standard InChI is InChI=1S/C14H22FN5O2/c15-14(3-5-16-6-4-14)11-18-7-1-12(2-8-18)19-10-13(9-17-19)20(21)22/h9-10,12,16H,1-8,11H2. The van der Waals surface area contributed by atoms with Gasteiger partial charge in [-0.2, -0.15) is 5.10 Å². The zero-order valence-electron chi connectivity index (χ0n) is 12.6. The van der Waals surface area contributed by atoms with E-state index >= 15 is 0 Å². The van der Waals surface area contributed by atoms with Crippen molar-refractivity contribution in [2.24, 2.45) is 0 Å². The first-order chi connectivity index (χ1) is 10.6. The van der Waals surface area contributed by atoms with E-state index in [0.717, 1.165) is 39.0 Å². The zero-order chi connectivity index (χ0) is 15.6. The third-order valence-electron chi connectivity index (χ3n) is 4.74. The summed E-state index contributed by atoms with van der Waals surface area (Å²) in [5.74, 6) is 0. The molecule has 2 aliphatic heterocycles. The van der Waals surface area contributed by atoms with Gasteiger partial charge in [0.2, 0.25) is 0 Å². The molecular weight excluding hydrogens is 289 g/mol. The van der Waals surface area contributed by atoms with Gasteiger partial charge >= 0.3 is 5.69 Å². The lowest BCUT2D eigenvalue weighted by molar-refractivity contribution is -0.385. The van der Waals surface area contributed by atoms with Gasteiger partial charge in [0, 0.05) is 19.6 Å². The molecule has 8 heteroatoms. The van der Waals surface area contributed by atoms with Crippen molar-refractivity contribution in [3.63, 3.8) is 0 Å². The van der Waals surface area contributed by atoms with Crippen LogP contribution in [0.15, 0.2) is 12.4 Å². The monoisotopic (exact) mass is 311 g/mol. The van der Waals surface area contributed by atoms with Crippen molar-refractivity contribution in [3.05, 3.63) is 22.5 Å². The summed E-state index contributed by atoms with van der Waals surface area (Å²) in [7, 11) is 0. The number of aromatic nitrogens is 2. The van der Waals surface area contributed by atoms with Crippen molar-refractivity contribution in [2.75, 3.05) is 32.7 Å². The fraction of sp³-hybridized carbons (Fsp3) is 0.786. The van der Waals surface area contributed by atoms with E-state index in [2.05, 4.69) is 15.3 Å². The maximum absolute atomic E-state index is 14.7. The molecule has 0 saturated carbocycles. The molecule has 1 aromatic heterocycles. The lowest BCUT2D eigenvalue weighted by Gasteiger charge is -2.38. The number of likely N-dealkylation sites (tertiary alicyclic amines) is 1. The highest BCUT2D eigenvalue weighted by atomic mass is 19.1. The highest BCUT2D eigenvalue weighted by molar-refractivity contribution is 5.21. The quantitative estimate of drug-likeness (QED) is 0.674. The van der Waals surface area contributed by atoms with E-state index in [1.54, 1.807) is 4.68 Å². The van der Waals surface area contributed by atoms with Crippen LogP contribution in [-0.4, -0.2) is 58.0 Å². The first kappa shape index (κ1) is 15.4. The van der Waals surface area contributed by atoms with Gasteiger partial charge in [0.15, 0.2) is 0 Å². The van der Waals surface area contributed by atoms with Gasteiger partial charge in [0.1, 0.15) is 18.1 Å². The molecule has 0 spiro atoms. The molecule has 122 valence electrons. The second-order valence-corrected chi connectivity index (χ2v) is 6.34. The van der Waals surface area contributed by atoms with E-state index in [9.17, 15) is 14.5 Å². The molecule has 0 atom stereocenters. The molecule has 0 bridgehead atoms. The highest BCUT2D eigenvalue weighted by Gasteiger charge is 2.35. The van der Waals surface area contributed by atoms with Crippen LogP contribution in [0.1, 0.15) is 31.7 Å². The topological polar surface area (TPSA) is 76.2 Å². The van der Waals surface area contributed by atoms with Crippen LogP contribution in [0.2, 0.25) is 0 Å². The Labute approximate surface area is 128 Å². The summed E-state index contributed by atoms with van der Waals surface area (Å²) in [4.78, 5) is 12.5. The molecule has 0 aromatic carbocycles. The minimum absolute atomic E-state index is 0.0276. The Kier molecular flexibility index (Phi) is 4.39. The Bertz CT molecular complexity index is 521.